The second kappa shape index (κ2) is 13.8. The average Bonchev–Trinajstić information content (AvgIpc) is 3.82. The van der Waals surface area contributed by atoms with Gasteiger partial charge in [-0.3, -0.25) is 10.1 Å². The van der Waals surface area contributed by atoms with E-state index in [4.69, 9.17) is 15.0 Å². The third-order valence-corrected chi connectivity index (χ3v) is 11.1. The van der Waals surface area contributed by atoms with Gasteiger partial charge in [-0.1, -0.05) is 127 Å². The molecule has 8 aromatic carbocycles. The molecule has 0 spiro atoms. The predicted octanol–water partition coefficient (Wildman–Crippen LogP) is 12.6. The Kier molecular flexibility index (Phi) is 7.94. The maximum Gasteiger partial charge on any atom is 0.277 e. The molecule has 0 saturated carbocycles. The molecular weight excluding hydrogens is 729 g/mol. The largest absolute Gasteiger partial charge is 0.309 e. The molecule has 0 aliphatic heterocycles. The third-order valence-electron chi connectivity index (χ3n) is 11.1. The fraction of sp³-hybridized carbons (Fsp3) is 0. The van der Waals surface area contributed by atoms with Crippen molar-refractivity contribution in [3.63, 3.8) is 0 Å². The number of para-hydroxylation sites is 4. The molecule has 0 amide bonds. The van der Waals surface area contributed by atoms with Gasteiger partial charge < -0.3 is 9.13 Å². The van der Waals surface area contributed by atoms with Crippen molar-refractivity contribution in [1.82, 2.24) is 24.1 Å². The summed E-state index contributed by atoms with van der Waals surface area (Å²) in [5, 5.41) is 17.2. The van der Waals surface area contributed by atoms with E-state index < -0.39 is 0 Å². The van der Waals surface area contributed by atoms with Crippen LogP contribution in [-0.4, -0.2) is 29.0 Å². The molecule has 0 bridgehead atoms. The van der Waals surface area contributed by atoms with Gasteiger partial charge in [0.25, 0.3) is 5.69 Å². The predicted molar refractivity (Wildman–Crippen MR) is 237 cm³/mol. The van der Waals surface area contributed by atoms with Gasteiger partial charge in [-0.25, -0.2) is 15.0 Å². The summed E-state index contributed by atoms with van der Waals surface area (Å²) < 4.78 is 4.57. The second-order valence-corrected chi connectivity index (χ2v) is 14.4. The lowest BCUT2D eigenvalue weighted by atomic mass is 9.98. The smallest absolute Gasteiger partial charge is 0.277 e. The number of hydrogen-bond donors (Lipinski definition) is 0. The molecule has 3 aromatic heterocycles. The minimum atomic E-state index is -0.316. The molecule has 11 rings (SSSR count). The second-order valence-electron chi connectivity index (χ2n) is 14.4. The van der Waals surface area contributed by atoms with Crippen molar-refractivity contribution in [2.45, 2.75) is 0 Å². The highest BCUT2D eigenvalue weighted by Gasteiger charge is 2.25. The number of fused-ring (bicyclic) bond motifs is 7. The lowest BCUT2D eigenvalue weighted by Gasteiger charge is -2.16. The highest BCUT2D eigenvalue weighted by molar-refractivity contribution is 6.29. The number of nitro benzene ring substituents is 1. The molecular formula is C51H32N6O2. The Morgan fingerprint density at radius 1 is 0.407 bits per heavy atom. The molecule has 0 fully saturated rings. The van der Waals surface area contributed by atoms with Crippen molar-refractivity contribution in [3.05, 3.63) is 204 Å². The maximum absolute atomic E-state index is 12.7. The van der Waals surface area contributed by atoms with Crippen LogP contribution < -0.4 is 0 Å². The van der Waals surface area contributed by atoms with Crippen molar-refractivity contribution < 1.29 is 4.92 Å². The molecule has 3 heterocycles. The zero-order chi connectivity index (χ0) is 39.5. The normalized spacial score (nSPS) is 11.5. The van der Waals surface area contributed by atoms with Gasteiger partial charge in [-0.05, 0) is 60.7 Å². The number of benzene rings is 8. The first-order valence-corrected chi connectivity index (χ1v) is 19.4. The molecule has 0 atom stereocenters. The summed E-state index contributed by atoms with van der Waals surface area (Å²) in [6, 6.07) is 64.4. The van der Waals surface area contributed by atoms with Crippen LogP contribution in [0.25, 0.3) is 100 Å². The molecule has 8 nitrogen and oxygen atoms in total. The van der Waals surface area contributed by atoms with Crippen LogP contribution in [0.4, 0.5) is 5.69 Å². The quantitative estimate of drug-likeness (QED) is 0.119. The molecule has 59 heavy (non-hydrogen) atoms. The summed E-state index contributed by atoms with van der Waals surface area (Å²) in [5.74, 6) is 1.53. The van der Waals surface area contributed by atoms with Gasteiger partial charge in [0, 0.05) is 55.6 Å². The molecule has 278 valence electrons. The SMILES string of the molecule is O=[N+]([O-])c1ccccc1-c1cc(-c2nc(-c3ccccc3)nc(-c3ccccc3)n2)ccc1-n1c2ccccc2c2c3c4ccccc4n(-c4ccccc4)c3ccc21. The molecule has 0 N–H and O–H groups in total. The van der Waals surface area contributed by atoms with E-state index in [1.54, 1.807) is 12.1 Å². The van der Waals surface area contributed by atoms with Gasteiger partial charge in [0.05, 0.1) is 38.2 Å². The van der Waals surface area contributed by atoms with Crippen molar-refractivity contribution in [2.75, 3.05) is 0 Å². The van der Waals surface area contributed by atoms with Crippen LogP contribution in [0.15, 0.2) is 194 Å². The molecule has 0 aliphatic rings. The Balaban J connectivity index is 1.21. The van der Waals surface area contributed by atoms with Crippen LogP contribution in [-0.2, 0) is 0 Å². The van der Waals surface area contributed by atoms with Crippen LogP contribution in [0.2, 0.25) is 0 Å². The topological polar surface area (TPSA) is 91.7 Å². The van der Waals surface area contributed by atoms with Crippen molar-refractivity contribution >= 4 is 49.3 Å². The Morgan fingerprint density at radius 2 is 0.881 bits per heavy atom. The van der Waals surface area contributed by atoms with Gasteiger partial charge in [-0.15, -0.1) is 0 Å². The fourth-order valence-electron chi connectivity index (χ4n) is 8.52. The van der Waals surface area contributed by atoms with E-state index in [0.29, 0.717) is 34.2 Å². The molecule has 0 aliphatic carbocycles. The molecule has 11 aromatic rings. The number of hydrogen-bond acceptors (Lipinski definition) is 5. The van der Waals surface area contributed by atoms with Crippen molar-refractivity contribution in [2.24, 2.45) is 0 Å². The monoisotopic (exact) mass is 760 g/mol. The minimum Gasteiger partial charge on any atom is -0.309 e. The average molecular weight is 761 g/mol. The number of nitrogens with zero attached hydrogens (tertiary/aromatic N) is 6. The van der Waals surface area contributed by atoms with Crippen LogP contribution >= 0.6 is 0 Å². The molecule has 0 radical (unpaired) electrons. The van der Waals surface area contributed by atoms with Gasteiger partial charge in [0.2, 0.25) is 0 Å². The van der Waals surface area contributed by atoms with E-state index in [0.717, 1.165) is 66.1 Å². The van der Waals surface area contributed by atoms with Gasteiger partial charge in [-0.2, -0.15) is 0 Å². The number of rotatable bonds is 7. The lowest BCUT2D eigenvalue weighted by molar-refractivity contribution is -0.384. The molecule has 0 saturated heterocycles. The first kappa shape index (κ1) is 34.1. The first-order chi connectivity index (χ1) is 29.1. The fourth-order valence-corrected chi connectivity index (χ4v) is 8.52. The van der Waals surface area contributed by atoms with Gasteiger partial charge in [0.15, 0.2) is 17.5 Å². The summed E-state index contributed by atoms with van der Waals surface area (Å²) in [6.45, 7) is 0. The van der Waals surface area contributed by atoms with E-state index in [1.165, 1.54) is 0 Å². The standard InChI is InChI=1S/C51H32N6O2/c58-57(59)44-27-15-10-22-37(44)40-32-35(51-53-49(33-16-4-1-5-17-33)52-50(54-51)34-18-6-2-7-19-34)28-29-43(40)56-42-26-14-12-24-39(42)48-46(56)31-30-45-47(48)38-23-11-13-25-41(38)55(45)36-20-8-3-9-21-36/h1-32H. The Labute approximate surface area is 338 Å². The minimum absolute atomic E-state index is 0.00517. The summed E-state index contributed by atoms with van der Waals surface area (Å²) in [5.41, 5.74) is 9.64. The van der Waals surface area contributed by atoms with Crippen LogP contribution in [0.3, 0.4) is 0 Å². The Bertz CT molecular complexity index is 3350. The Hall–Kier alpha value is -8.23. The molecule has 8 heteroatoms. The summed E-state index contributed by atoms with van der Waals surface area (Å²) in [7, 11) is 0. The third kappa shape index (κ3) is 5.57. The van der Waals surface area contributed by atoms with Crippen LogP contribution in [0, 0.1) is 10.1 Å². The zero-order valence-electron chi connectivity index (χ0n) is 31.5. The highest BCUT2D eigenvalue weighted by Crippen LogP contribution is 2.45. The highest BCUT2D eigenvalue weighted by atomic mass is 16.6. The van der Waals surface area contributed by atoms with E-state index in [9.17, 15) is 10.1 Å². The summed E-state index contributed by atoms with van der Waals surface area (Å²) >= 11 is 0. The van der Waals surface area contributed by atoms with E-state index in [2.05, 4.69) is 88.0 Å². The zero-order valence-corrected chi connectivity index (χ0v) is 31.5. The van der Waals surface area contributed by atoms with Gasteiger partial charge >= 0.3 is 0 Å². The Morgan fingerprint density at radius 3 is 1.47 bits per heavy atom. The molecule has 0 unspecified atom stereocenters. The number of nitro groups is 1. The maximum atomic E-state index is 12.7. The van der Waals surface area contributed by atoms with Crippen molar-refractivity contribution in [1.29, 1.82) is 0 Å². The first-order valence-electron chi connectivity index (χ1n) is 19.4. The van der Waals surface area contributed by atoms with Crippen molar-refractivity contribution in [3.8, 4) is 56.7 Å². The summed E-state index contributed by atoms with van der Waals surface area (Å²) in [6.07, 6.45) is 0. The summed E-state index contributed by atoms with van der Waals surface area (Å²) in [4.78, 5) is 27.3. The van der Waals surface area contributed by atoms with E-state index in [-0.39, 0.29) is 10.6 Å². The lowest BCUT2D eigenvalue weighted by Crippen LogP contribution is -2.02. The number of aromatic nitrogens is 5. The van der Waals surface area contributed by atoms with Gasteiger partial charge in [0.1, 0.15) is 0 Å². The van der Waals surface area contributed by atoms with E-state index in [1.807, 2.05) is 103 Å². The van der Waals surface area contributed by atoms with Crippen LogP contribution in [0.5, 0.6) is 0 Å². The van der Waals surface area contributed by atoms with Crippen LogP contribution in [0.1, 0.15) is 0 Å². The van der Waals surface area contributed by atoms with E-state index >= 15 is 0 Å².